The first-order valence-corrected chi connectivity index (χ1v) is 11.3. The number of nitriles is 1. The van der Waals surface area contributed by atoms with Gasteiger partial charge in [0.1, 0.15) is 12.1 Å². The fourth-order valence-corrected chi connectivity index (χ4v) is 4.22. The SMILES string of the molecule is Cc1ncnc2ccc(-c3cnc(NC(=O)N4CCC(C#N)CC4)nc3-c3ccc(F)cc3)cc12. The van der Waals surface area contributed by atoms with Gasteiger partial charge in [-0.2, -0.15) is 5.26 Å². The first-order chi connectivity index (χ1) is 17.0. The number of carbonyl (C=O) groups excluding carboxylic acids is 1. The summed E-state index contributed by atoms with van der Waals surface area (Å²) in [6.45, 7) is 2.93. The van der Waals surface area contributed by atoms with Gasteiger partial charge in [0.2, 0.25) is 5.95 Å². The maximum absolute atomic E-state index is 13.6. The lowest BCUT2D eigenvalue weighted by molar-refractivity contribution is 0.192. The van der Waals surface area contributed by atoms with Crippen LogP contribution in [-0.4, -0.2) is 44.0 Å². The largest absolute Gasteiger partial charge is 0.324 e. The number of nitrogens with one attached hydrogen (secondary N) is 1. The smallest absolute Gasteiger partial charge is 0.324 e. The van der Waals surface area contributed by atoms with E-state index in [4.69, 9.17) is 5.26 Å². The summed E-state index contributed by atoms with van der Waals surface area (Å²) in [4.78, 5) is 32.1. The number of fused-ring (bicyclic) bond motifs is 1. The van der Waals surface area contributed by atoms with E-state index in [2.05, 4.69) is 31.3 Å². The van der Waals surface area contributed by atoms with Crippen molar-refractivity contribution >= 4 is 22.9 Å². The molecule has 2 aromatic carbocycles. The molecule has 0 unspecified atom stereocenters. The normalized spacial score (nSPS) is 14.0. The number of benzene rings is 2. The van der Waals surface area contributed by atoms with Crippen molar-refractivity contribution in [1.82, 2.24) is 24.8 Å². The highest BCUT2D eigenvalue weighted by molar-refractivity contribution is 5.91. The molecule has 0 aliphatic carbocycles. The summed E-state index contributed by atoms with van der Waals surface area (Å²) in [5.41, 5.74) is 4.52. The predicted octanol–water partition coefficient (Wildman–Crippen LogP) is 4.97. The van der Waals surface area contributed by atoms with Crippen LogP contribution in [0.1, 0.15) is 18.5 Å². The molecule has 0 atom stereocenters. The van der Waals surface area contributed by atoms with Gasteiger partial charge in [-0.05, 0) is 61.7 Å². The third-order valence-corrected chi connectivity index (χ3v) is 6.24. The molecule has 2 aromatic heterocycles. The molecule has 9 heteroatoms. The lowest BCUT2D eigenvalue weighted by atomic mass is 9.99. The molecule has 0 spiro atoms. The van der Waals surface area contributed by atoms with Gasteiger partial charge in [-0.25, -0.2) is 29.1 Å². The van der Waals surface area contributed by atoms with E-state index in [1.54, 1.807) is 23.2 Å². The van der Waals surface area contributed by atoms with Gasteiger partial charge < -0.3 is 4.90 Å². The maximum Gasteiger partial charge on any atom is 0.324 e. The molecule has 0 radical (unpaired) electrons. The summed E-state index contributed by atoms with van der Waals surface area (Å²) in [7, 11) is 0. The van der Waals surface area contributed by atoms with Gasteiger partial charge in [-0.15, -0.1) is 0 Å². The minimum absolute atomic E-state index is 0.0179. The van der Waals surface area contributed by atoms with Crippen molar-refractivity contribution < 1.29 is 9.18 Å². The molecule has 0 bridgehead atoms. The van der Waals surface area contributed by atoms with Crippen LogP contribution >= 0.6 is 0 Å². The van der Waals surface area contributed by atoms with Gasteiger partial charge >= 0.3 is 6.03 Å². The second-order valence-corrected chi connectivity index (χ2v) is 8.47. The third-order valence-electron chi connectivity index (χ3n) is 6.24. The quantitative estimate of drug-likeness (QED) is 0.456. The van der Waals surface area contributed by atoms with Gasteiger partial charge in [-0.3, -0.25) is 5.32 Å². The number of carbonyl (C=O) groups is 1. The fourth-order valence-electron chi connectivity index (χ4n) is 4.22. The summed E-state index contributed by atoms with van der Waals surface area (Å²) >= 11 is 0. The van der Waals surface area contributed by atoms with Crippen molar-refractivity contribution in [3.8, 4) is 28.5 Å². The molecule has 1 aliphatic rings. The zero-order valence-electron chi connectivity index (χ0n) is 19.1. The average Bonchev–Trinajstić information content (AvgIpc) is 2.89. The molecule has 0 saturated carbocycles. The van der Waals surface area contributed by atoms with E-state index >= 15 is 0 Å². The van der Waals surface area contributed by atoms with Crippen molar-refractivity contribution in [3.63, 3.8) is 0 Å². The van der Waals surface area contributed by atoms with E-state index in [1.165, 1.54) is 18.5 Å². The molecule has 3 heterocycles. The average molecular weight is 468 g/mol. The maximum atomic E-state index is 13.6. The number of nitrogens with zero attached hydrogens (tertiary/aromatic N) is 6. The van der Waals surface area contributed by atoms with Crippen LogP contribution in [0.25, 0.3) is 33.3 Å². The van der Waals surface area contributed by atoms with Crippen LogP contribution in [0.4, 0.5) is 15.1 Å². The van der Waals surface area contributed by atoms with Crippen molar-refractivity contribution in [2.75, 3.05) is 18.4 Å². The minimum atomic E-state index is -0.350. The van der Waals surface area contributed by atoms with Gasteiger partial charge in [0.05, 0.1) is 17.3 Å². The zero-order chi connectivity index (χ0) is 24.4. The molecule has 2 amide bonds. The van der Waals surface area contributed by atoms with E-state index in [9.17, 15) is 9.18 Å². The third kappa shape index (κ3) is 4.64. The number of piperidine rings is 1. The number of hydrogen-bond donors (Lipinski definition) is 1. The Labute approximate surface area is 201 Å². The van der Waals surface area contributed by atoms with Crippen molar-refractivity contribution in [1.29, 1.82) is 5.26 Å². The van der Waals surface area contributed by atoms with Crippen molar-refractivity contribution in [2.24, 2.45) is 5.92 Å². The second kappa shape index (κ2) is 9.43. The van der Waals surface area contributed by atoms with Crippen LogP contribution in [-0.2, 0) is 0 Å². The number of aryl methyl sites for hydroxylation is 1. The number of hydrogen-bond acceptors (Lipinski definition) is 6. The van der Waals surface area contributed by atoms with Gasteiger partial charge in [0.15, 0.2) is 0 Å². The highest BCUT2D eigenvalue weighted by Crippen LogP contribution is 2.33. The van der Waals surface area contributed by atoms with Crippen molar-refractivity contribution in [3.05, 3.63) is 66.5 Å². The highest BCUT2D eigenvalue weighted by atomic mass is 19.1. The predicted molar refractivity (Wildman–Crippen MR) is 130 cm³/mol. The molecule has 5 rings (SSSR count). The van der Waals surface area contributed by atoms with E-state index in [1.807, 2.05) is 25.1 Å². The Morgan fingerprint density at radius 2 is 1.83 bits per heavy atom. The molecular formula is C26H22FN7O. The standard InChI is InChI=1S/C26H22FN7O/c1-16-21-12-19(4-7-23(21)31-15-30-16)22-14-29-25(32-24(22)18-2-5-20(27)6-3-18)33-26(35)34-10-8-17(13-28)9-11-34/h2-7,12,14-15,17H,8-11H2,1H3,(H,29,32,33,35). The molecule has 4 aromatic rings. The summed E-state index contributed by atoms with van der Waals surface area (Å²) in [6.07, 6.45) is 4.49. The van der Waals surface area contributed by atoms with Crippen LogP contribution in [0.3, 0.4) is 0 Å². The first kappa shape index (κ1) is 22.3. The monoisotopic (exact) mass is 467 g/mol. The molecule has 8 nitrogen and oxygen atoms in total. The molecule has 174 valence electrons. The minimum Gasteiger partial charge on any atom is -0.324 e. The summed E-state index contributed by atoms with van der Waals surface area (Å²) in [5.74, 6) is -0.214. The Morgan fingerprint density at radius 3 is 2.57 bits per heavy atom. The highest BCUT2D eigenvalue weighted by Gasteiger charge is 2.23. The molecule has 1 fully saturated rings. The Balaban J connectivity index is 1.51. The lowest BCUT2D eigenvalue weighted by Gasteiger charge is -2.28. The summed E-state index contributed by atoms with van der Waals surface area (Å²) in [6, 6.07) is 13.8. The Morgan fingerprint density at radius 1 is 1.09 bits per heavy atom. The zero-order valence-corrected chi connectivity index (χ0v) is 19.1. The first-order valence-electron chi connectivity index (χ1n) is 11.3. The summed E-state index contributed by atoms with van der Waals surface area (Å²) in [5, 5.41) is 12.8. The summed E-state index contributed by atoms with van der Waals surface area (Å²) < 4.78 is 13.6. The second-order valence-electron chi connectivity index (χ2n) is 8.47. The fraction of sp³-hybridized carbons (Fsp3) is 0.231. The topological polar surface area (TPSA) is 108 Å². The molecule has 1 saturated heterocycles. The number of urea groups is 1. The van der Waals surface area contributed by atoms with Gasteiger partial charge in [0, 0.05) is 47.4 Å². The Kier molecular flexibility index (Phi) is 6.02. The van der Waals surface area contributed by atoms with Crippen LogP contribution in [0, 0.1) is 30.0 Å². The van der Waals surface area contributed by atoms with E-state index < -0.39 is 0 Å². The van der Waals surface area contributed by atoms with E-state index in [-0.39, 0.29) is 23.7 Å². The van der Waals surface area contributed by atoms with Crippen LogP contribution < -0.4 is 5.32 Å². The molecular weight excluding hydrogens is 445 g/mol. The van der Waals surface area contributed by atoms with Crippen LogP contribution in [0.2, 0.25) is 0 Å². The number of likely N-dealkylation sites (tertiary alicyclic amines) is 1. The van der Waals surface area contributed by atoms with Crippen molar-refractivity contribution in [2.45, 2.75) is 19.8 Å². The van der Waals surface area contributed by atoms with Gasteiger partial charge in [0.25, 0.3) is 0 Å². The Hall–Kier alpha value is -4.45. The molecule has 1 N–H and O–H groups in total. The molecule has 35 heavy (non-hydrogen) atoms. The number of aromatic nitrogens is 4. The lowest BCUT2D eigenvalue weighted by Crippen LogP contribution is -2.41. The number of anilines is 1. The molecule has 1 aliphatic heterocycles. The van der Waals surface area contributed by atoms with Gasteiger partial charge in [-0.1, -0.05) is 6.07 Å². The number of halogens is 1. The van der Waals surface area contributed by atoms with Crippen LogP contribution in [0.15, 0.2) is 55.0 Å². The van der Waals surface area contributed by atoms with E-state index in [0.717, 1.165) is 27.7 Å². The van der Waals surface area contributed by atoms with Crippen LogP contribution in [0.5, 0.6) is 0 Å². The number of rotatable bonds is 3. The number of amides is 2. The Bertz CT molecular complexity index is 1440. The van der Waals surface area contributed by atoms with E-state index in [0.29, 0.717) is 37.2 Å².